The van der Waals surface area contributed by atoms with E-state index >= 15 is 0 Å². The minimum absolute atomic E-state index is 0.207. The average Bonchev–Trinajstić information content (AvgIpc) is 2.89. The van der Waals surface area contributed by atoms with Gasteiger partial charge in [0.2, 0.25) is 5.91 Å². The highest BCUT2D eigenvalue weighted by Gasteiger charge is 2.23. The fourth-order valence-corrected chi connectivity index (χ4v) is 3.35. The lowest BCUT2D eigenvalue weighted by Gasteiger charge is -2.33. The number of rotatable bonds is 5. The monoisotopic (exact) mass is 295 g/mol. The van der Waals surface area contributed by atoms with E-state index in [-0.39, 0.29) is 11.4 Å². The van der Waals surface area contributed by atoms with Crippen LogP contribution in [0.2, 0.25) is 0 Å². The number of amides is 1. The fraction of sp³-hybridized carbons (Fsp3) is 0.941. The Morgan fingerprint density at radius 2 is 1.71 bits per heavy atom. The van der Waals surface area contributed by atoms with Gasteiger partial charge in [0.25, 0.3) is 0 Å². The lowest BCUT2D eigenvalue weighted by atomic mass is 9.95. The Kier molecular flexibility index (Phi) is 6.06. The summed E-state index contributed by atoms with van der Waals surface area (Å²) < 4.78 is 0. The summed E-state index contributed by atoms with van der Waals surface area (Å²) in [5.41, 5.74) is 0.207. The van der Waals surface area contributed by atoms with E-state index < -0.39 is 0 Å². The van der Waals surface area contributed by atoms with Crippen molar-refractivity contribution in [3.63, 3.8) is 0 Å². The number of carbonyl (C=O) groups excluding carboxylic acids is 1. The van der Waals surface area contributed by atoms with Crippen molar-refractivity contribution in [3.8, 4) is 0 Å². The molecule has 0 aromatic heterocycles. The summed E-state index contributed by atoms with van der Waals surface area (Å²) in [5.74, 6) is 0.992. The van der Waals surface area contributed by atoms with Crippen LogP contribution >= 0.6 is 0 Å². The molecule has 21 heavy (non-hydrogen) atoms. The molecule has 1 amide bonds. The van der Waals surface area contributed by atoms with Gasteiger partial charge in [-0.05, 0) is 72.0 Å². The fourth-order valence-electron chi connectivity index (χ4n) is 3.35. The molecule has 4 heteroatoms. The minimum Gasteiger partial charge on any atom is -0.352 e. The van der Waals surface area contributed by atoms with Crippen molar-refractivity contribution >= 4 is 5.91 Å². The molecule has 0 aromatic carbocycles. The van der Waals surface area contributed by atoms with Gasteiger partial charge in [-0.25, -0.2) is 0 Å². The zero-order chi connectivity index (χ0) is 15.3. The van der Waals surface area contributed by atoms with E-state index in [0.717, 1.165) is 25.6 Å². The van der Waals surface area contributed by atoms with Crippen molar-refractivity contribution in [2.24, 2.45) is 5.92 Å². The third kappa shape index (κ3) is 6.35. The van der Waals surface area contributed by atoms with Crippen LogP contribution in [0, 0.1) is 5.92 Å². The van der Waals surface area contributed by atoms with Gasteiger partial charge in [-0.15, -0.1) is 0 Å². The molecule has 1 aliphatic heterocycles. The van der Waals surface area contributed by atoms with Crippen molar-refractivity contribution in [2.75, 3.05) is 26.2 Å². The van der Waals surface area contributed by atoms with Crippen LogP contribution in [0.1, 0.15) is 59.3 Å². The van der Waals surface area contributed by atoms with Crippen LogP contribution in [0.5, 0.6) is 0 Å². The molecule has 2 N–H and O–H groups in total. The van der Waals surface area contributed by atoms with E-state index in [0.29, 0.717) is 12.6 Å². The first-order valence-corrected chi connectivity index (χ1v) is 8.69. The van der Waals surface area contributed by atoms with Gasteiger partial charge in [0.1, 0.15) is 0 Å². The normalized spacial score (nSPS) is 22.6. The summed E-state index contributed by atoms with van der Waals surface area (Å²) in [6.07, 6.45) is 7.31. The van der Waals surface area contributed by atoms with Crippen molar-refractivity contribution in [3.05, 3.63) is 0 Å². The van der Waals surface area contributed by atoms with E-state index in [4.69, 9.17) is 0 Å². The average molecular weight is 295 g/mol. The molecular weight excluding hydrogens is 262 g/mol. The minimum atomic E-state index is 0.207. The SMILES string of the molecule is CC(C)(C)NCC1CCN(CC(=O)NC2CCCC2)CC1. The van der Waals surface area contributed by atoms with Crippen molar-refractivity contribution < 1.29 is 4.79 Å². The highest BCUT2D eigenvalue weighted by Crippen LogP contribution is 2.19. The Labute approximate surface area is 130 Å². The molecule has 1 saturated heterocycles. The van der Waals surface area contributed by atoms with Crippen molar-refractivity contribution in [1.82, 2.24) is 15.5 Å². The maximum atomic E-state index is 12.0. The van der Waals surface area contributed by atoms with Crippen LogP contribution in [0.25, 0.3) is 0 Å². The smallest absolute Gasteiger partial charge is 0.234 e. The number of nitrogens with one attached hydrogen (secondary N) is 2. The maximum Gasteiger partial charge on any atom is 0.234 e. The van der Waals surface area contributed by atoms with Crippen LogP contribution < -0.4 is 10.6 Å². The molecule has 0 radical (unpaired) electrons. The Hall–Kier alpha value is -0.610. The summed E-state index contributed by atoms with van der Waals surface area (Å²) in [5, 5.41) is 6.79. The molecule has 0 bridgehead atoms. The lowest BCUT2D eigenvalue weighted by molar-refractivity contribution is -0.123. The Balaban J connectivity index is 1.61. The van der Waals surface area contributed by atoms with Gasteiger partial charge < -0.3 is 10.6 Å². The van der Waals surface area contributed by atoms with Crippen LogP contribution in [0.15, 0.2) is 0 Å². The number of hydrogen-bond donors (Lipinski definition) is 2. The number of hydrogen-bond acceptors (Lipinski definition) is 3. The van der Waals surface area contributed by atoms with E-state index in [9.17, 15) is 4.79 Å². The van der Waals surface area contributed by atoms with Gasteiger partial charge in [-0.2, -0.15) is 0 Å². The number of nitrogens with zero attached hydrogens (tertiary/aromatic N) is 1. The van der Waals surface area contributed by atoms with Gasteiger partial charge in [-0.3, -0.25) is 9.69 Å². The first kappa shape index (κ1) is 16.8. The highest BCUT2D eigenvalue weighted by molar-refractivity contribution is 5.78. The predicted molar refractivity (Wildman–Crippen MR) is 87.3 cm³/mol. The Morgan fingerprint density at radius 3 is 2.29 bits per heavy atom. The molecule has 0 atom stereocenters. The van der Waals surface area contributed by atoms with Crippen molar-refractivity contribution in [2.45, 2.75) is 70.9 Å². The molecule has 4 nitrogen and oxygen atoms in total. The Bertz CT molecular complexity index is 323. The molecule has 1 aliphatic carbocycles. The maximum absolute atomic E-state index is 12.0. The van der Waals surface area contributed by atoms with Crippen LogP contribution in [0.4, 0.5) is 0 Å². The van der Waals surface area contributed by atoms with Crippen LogP contribution in [0.3, 0.4) is 0 Å². The summed E-state index contributed by atoms with van der Waals surface area (Å²) >= 11 is 0. The number of likely N-dealkylation sites (tertiary alicyclic amines) is 1. The molecule has 0 unspecified atom stereocenters. The third-order valence-corrected chi connectivity index (χ3v) is 4.72. The van der Waals surface area contributed by atoms with Gasteiger partial charge in [-0.1, -0.05) is 12.8 Å². The second-order valence-electron chi connectivity index (χ2n) is 7.90. The van der Waals surface area contributed by atoms with Crippen molar-refractivity contribution in [1.29, 1.82) is 0 Å². The molecule has 2 rings (SSSR count). The van der Waals surface area contributed by atoms with E-state index in [1.807, 2.05) is 0 Å². The molecule has 0 aromatic rings. The summed E-state index contributed by atoms with van der Waals surface area (Å²) in [6.45, 7) is 10.5. The van der Waals surface area contributed by atoms with Gasteiger partial charge in [0.15, 0.2) is 0 Å². The zero-order valence-electron chi connectivity index (χ0n) is 14.1. The topological polar surface area (TPSA) is 44.4 Å². The first-order valence-electron chi connectivity index (χ1n) is 8.69. The molecule has 1 saturated carbocycles. The zero-order valence-corrected chi connectivity index (χ0v) is 14.1. The van der Waals surface area contributed by atoms with Gasteiger partial charge in [0.05, 0.1) is 6.54 Å². The van der Waals surface area contributed by atoms with E-state index in [2.05, 4.69) is 36.3 Å². The first-order chi connectivity index (χ1) is 9.92. The number of piperidine rings is 1. The molecule has 2 fully saturated rings. The van der Waals surface area contributed by atoms with Gasteiger partial charge >= 0.3 is 0 Å². The highest BCUT2D eigenvalue weighted by atomic mass is 16.2. The third-order valence-electron chi connectivity index (χ3n) is 4.72. The summed E-state index contributed by atoms with van der Waals surface area (Å²) in [6, 6.07) is 0.450. The molecule has 2 aliphatic rings. The van der Waals surface area contributed by atoms with Gasteiger partial charge in [0, 0.05) is 11.6 Å². The van der Waals surface area contributed by atoms with Crippen LogP contribution in [-0.2, 0) is 4.79 Å². The molecule has 0 spiro atoms. The summed E-state index contributed by atoms with van der Waals surface area (Å²) in [4.78, 5) is 14.4. The van der Waals surface area contributed by atoms with E-state index in [1.165, 1.54) is 38.5 Å². The predicted octanol–water partition coefficient (Wildman–Crippen LogP) is 2.15. The molecule has 1 heterocycles. The standard InChI is InChI=1S/C17H33N3O/c1-17(2,3)18-12-14-8-10-20(11-9-14)13-16(21)19-15-6-4-5-7-15/h14-15,18H,4-13H2,1-3H3,(H,19,21). The lowest BCUT2D eigenvalue weighted by Crippen LogP contribution is -2.46. The Morgan fingerprint density at radius 1 is 1.10 bits per heavy atom. The summed E-state index contributed by atoms with van der Waals surface area (Å²) in [7, 11) is 0. The quantitative estimate of drug-likeness (QED) is 0.817. The second-order valence-corrected chi connectivity index (χ2v) is 7.90. The number of carbonyl (C=O) groups is 1. The molecule has 122 valence electrons. The largest absolute Gasteiger partial charge is 0.352 e. The van der Waals surface area contributed by atoms with Crippen LogP contribution in [-0.4, -0.2) is 48.6 Å². The second kappa shape index (κ2) is 7.59. The van der Waals surface area contributed by atoms with E-state index in [1.54, 1.807) is 0 Å². The molecular formula is C17H33N3O.